The summed E-state index contributed by atoms with van der Waals surface area (Å²) in [6.45, 7) is 0. The normalized spacial score (nSPS) is 10.9. The van der Waals surface area contributed by atoms with E-state index in [9.17, 15) is 5.11 Å². The summed E-state index contributed by atoms with van der Waals surface area (Å²) in [7, 11) is 0. The molecule has 0 fully saturated rings. The maximum Gasteiger partial charge on any atom is 0.139 e. The summed E-state index contributed by atoms with van der Waals surface area (Å²) in [5.41, 5.74) is 0.489. The largest absolute Gasteiger partial charge is 0.508 e. The summed E-state index contributed by atoms with van der Waals surface area (Å²) in [5, 5.41) is 26.1. The van der Waals surface area contributed by atoms with Gasteiger partial charge in [-0.05, 0) is 12.1 Å². The molecule has 0 aliphatic heterocycles. The average Bonchev–Trinajstić information content (AvgIpc) is 2.69. The van der Waals surface area contributed by atoms with Crippen LogP contribution in [0.5, 0.6) is 11.5 Å². The van der Waals surface area contributed by atoms with E-state index in [1.165, 1.54) is 35.8 Å². The van der Waals surface area contributed by atoms with Crippen molar-refractivity contribution in [2.24, 2.45) is 5.10 Å². The molecule has 0 radical (unpaired) electrons. The summed E-state index contributed by atoms with van der Waals surface area (Å²) < 4.78 is 0. The van der Waals surface area contributed by atoms with Gasteiger partial charge in [-0.15, -0.1) is 9.89 Å². The van der Waals surface area contributed by atoms with E-state index in [1.807, 2.05) is 0 Å². The summed E-state index contributed by atoms with van der Waals surface area (Å²) >= 11 is 0. The Kier molecular flexibility index (Phi) is 2.32. The topological polar surface area (TPSA) is 83.5 Å². The van der Waals surface area contributed by atoms with Gasteiger partial charge in [0, 0.05) is 11.6 Å². The van der Waals surface area contributed by atoms with Gasteiger partial charge < -0.3 is 10.2 Å². The van der Waals surface area contributed by atoms with Gasteiger partial charge in [-0.1, -0.05) is 0 Å². The molecule has 1 aromatic heterocycles. The van der Waals surface area contributed by atoms with E-state index in [0.29, 0.717) is 5.56 Å². The molecule has 0 aliphatic carbocycles. The maximum atomic E-state index is 9.42. The molecule has 1 aromatic carbocycles. The van der Waals surface area contributed by atoms with Crippen LogP contribution in [-0.4, -0.2) is 31.3 Å². The minimum Gasteiger partial charge on any atom is -0.508 e. The van der Waals surface area contributed by atoms with Crippen LogP contribution in [0.25, 0.3) is 0 Å². The number of aromatic nitrogens is 3. The van der Waals surface area contributed by atoms with Crippen LogP contribution in [0, 0.1) is 0 Å². The van der Waals surface area contributed by atoms with Crippen molar-refractivity contribution in [3.63, 3.8) is 0 Å². The molecule has 2 N–H and O–H groups in total. The van der Waals surface area contributed by atoms with Crippen LogP contribution < -0.4 is 0 Å². The Morgan fingerprint density at radius 2 is 2.20 bits per heavy atom. The predicted molar refractivity (Wildman–Crippen MR) is 52.8 cm³/mol. The quantitative estimate of drug-likeness (QED) is 0.700. The molecular weight excluding hydrogens is 196 g/mol. The number of hydrogen-bond donors (Lipinski definition) is 2. The summed E-state index contributed by atoms with van der Waals surface area (Å²) in [4.78, 5) is 4.96. The third-order valence-corrected chi connectivity index (χ3v) is 1.74. The van der Waals surface area contributed by atoms with Crippen LogP contribution in [0.2, 0.25) is 0 Å². The van der Waals surface area contributed by atoms with Gasteiger partial charge in [0.1, 0.15) is 24.2 Å². The second-order valence-corrected chi connectivity index (χ2v) is 2.80. The number of rotatable bonds is 2. The molecule has 0 saturated heterocycles. The third-order valence-electron chi connectivity index (χ3n) is 1.74. The molecule has 6 nitrogen and oxygen atoms in total. The molecule has 0 atom stereocenters. The molecule has 1 heterocycles. The third kappa shape index (κ3) is 2.11. The Labute approximate surface area is 85.1 Å². The van der Waals surface area contributed by atoms with E-state index in [-0.39, 0.29) is 11.5 Å². The maximum absolute atomic E-state index is 9.42. The standard InChI is InChI=1S/C9H8N4O2/c14-8-2-1-7(9(15)3-8)4-11-13-6-10-5-12-13/h1-6,14-15H. The van der Waals surface area contributed by atoms with Crippen LogP contribution in [0.1, 0.15) is 5.56 Å². The van der Waals surface area contributed by atoms with Gasteiger partial charge in [-0.25, -0.2) is 4.98 Å². The molecule has 0 saturated carbocycles. The Balaban J connectivity index is 2.24. The van der Waals surface area contributed by atoms with Crippen LogP contribution in [0.4, 0.5) is 0 Å². The number of benzene rings is 1. The van der Waals surface area contributed by atoms with Crippen molar-refractivity contribution in [2.75, 3.05) is 0 Å². The Morgan fingerprint density at radius 3 is 2.87 bits per heavy atom. The van der Waals surface area contributed by atoms with Crippen molar-refractivity contribution >= 4 is 6.21 Å². The van der Waals surface area contributed by atoms with E-state index in [4.69, 9.17) is 5.11 Å². The summed E-state index contributed by atoms with van der Waals surface area (Å²) in [6, 6.07) is 4.25. The van der Waals surface area contributed by atoms with Gasteiger partial charge in [-0.3, -0.25) is 0 Å². The van der Waals surface area contributed by atoms with Gasteiger partial charge in [0.05, 0.1) is 6.21 Å². The zero-order valence-electron chi connectivity index (χ0n) is 7.65. The predicted octanol–water partition coefficient (Wildman–Crippen LogP) is 0.571. The lowest BCUT2D eigenvalue weighted by atomic mass is 10.2. The number of hydrogen-bond acceptors (Lipinski definition) is 5. The van der Waals surface area contributed by atoms with Crippen LogP contribution in [0.3, 0.4) is 0 Å². The molecule has 0 amide bonds. The van der Waals surface area contributed by atoms with Gasteiger partial charge in [0.2, 0.25) is 0 Å². The van der Waals surface area contributed by atoms with Crippen molar-refractivity contribution in [2.45, 2.75) is 0 Å². The second-order valence-electron chi connectivity index (χ2n) is 2.80. The average molecular weight is 204 g/mol. The molecule has 0 unspecified atom stereocenters. The Morgan fingerprint density at radius 1 is 1.33 bits per heavy atom. The minimum atomic E-state index is -0.0427. The number of phenolic OH excluding ortho intramolecular Hbond substituents is 2. The smallest absolute Gasteiger partial charge is 0.139 e. The first-order chi connectivity index (χ1) is 7.25. The van der Waals surface area contributed by atoms with E-state index < -0.39 is 0 Å². The fraction of sp³-hybridized carbons (Fsp3) is 0. The highest BCUT2D eigenvalue weighted by Crippen LogP contribution is 2.20. The lowest BCUT2D eigenvalue weighted by molar-refractivity contribution is 0.450. The van der Waals surface area contributed by atoms with Gasteiger partial charge in [-0.2, -0.15) is 5.10 Å². The number of aromatic hydroxyl groups is 2. The highest BCUT2D eigenvalue weighted by molar-refractivity contribution is 5.83. The molecule has 6 heteroatoms. The summed E-state index contributed by atoms with van der Waals surface area (Å²) in [6.07, 6.45) is 4.20. The van der Waals surface area contributed by atoms with Gasteiger partial charge >= 0.3 is 0 Å². The summed E-state index contributed by atoms with van der Waals surface area (Å²) in [5.74, 6) is -0.0377. The fourth-order valence-electron chi connectivity index (χ4n) is 1.02. The number of phenols is 2. The molecule has 0 bridgehead atoms. The molecular formula is C9H8N4O2. The molecule has 2 aromatic rings. The van der Waals surface area contributed by atoms with Crippen molar-refractivity contribution in [1.29, 1.82) is 0 Å². The zero-order chi connectivity index (χ0) is 10.7. The van der Waals surface area contributed by atoms with E-state index in [2.05, 4.69) is 15.2 Å². The first-order valence-electron chi connectivity index (χ1n) is 4.16. The monoisotopic (exact) mass is 204 g/mol. The molecule has 15 heavy (non-hydrogen) atoms. The Hall–Kier alpha value is -2.37. The molecule has 0 aliphatic rings. The minimum absolute atomic E-state index is 0.00501. The van der Waals surface area contributed by atoms with Gasteiger partial charge in [0.15, 0.2) is 0 Å². The second kappa shape index (κ2) is 3.79. The number of nitrogens with zero attached hydrogens (tertiary/aromatic N) is 4. The SMILES string of the molecule is Oc1ccc(C=Nn2cncn2)c(O)c1. The van der Waals surface area contributed by atoms with E-state index >= 15 is 0 Å². The van der Waals surface area contributed by atoms with Crippen molar-refractivity contribution in [3.8, 4) is 11.5 Å². The van der Waals surface area contributed by atoms with E-state index in [0.717, 1.165) is 0 Å². The van der Waals surface area contributed by atoms with Crippen molar-refractivity contribution in [3.05, 3.63) is 36.4 Å². The highest BCUT2D eigenvalue weighted by Gasteiger charge is 1.98. The lowest BCUT2D eigenvalue weighted by Crippen LogP contribution is -1.90. The van der Waals surface area contributed by atoms with Crippen LogP contribution in [0.15, 0.2) is 36.0 Å². The van der Waals surface area contributed by atoms with E-state index in [1.54, 1.807) is 6.07 Å². The van der Waals surface area contributed by atoms with Crippen molar-refractivity contribution in [1.82, 2.24) is 14.9 Å². The fourth-order valence-corrected chi connectivity index (χ4v) is 1.02. The van der Waals surface area contributed by atoms with Gasteiger partial charge in [0.25, 0.3) is 0 Å². The Bertz CT molecular complexity index is 479. The highest BCUT2D eigenvalue weighted by atomic mass is 16.3. The van der Waals surface area contributed by atoms with Crippen molar-refractivity contribution < 1.29 is 10.2 Å². The molecule has 0 spiro atoms. The lowest BCUT2D eigenvalue weighted by Gasteiger charge is -1.98. The first kappa shape index (κ1) is 9.20. The molecule has 2 rings (SSSR count). The van der Waals surface area contributed by atoms with Crippen LogP contribution in [-0.2, 0) is 0 Å². The zero-order valence-corrected chi connectivity index (χ0v) is 7.65. The molecule has 76 valence electrons. The van der Waals surface area contributed by atoms with Crippen LogP contribution >= 0.6 is 0 Å². The first-order valence-corrected chi connectivity index (χ1v) is 4.16.